The molecule has 0 radical (unpaired) electrons. The number of carbonyl (C=O) groups excluding carboxylic acids is 1. The second-order valence-electron chi connectivity index (χ2n) is 12.0. The van der Waals surface area contributed by atoms with Crippen LogP contribution in [0.1, 0.15) is 53.2 Å². The largest absolute Gasteiger partial charge is 0.497 e. The first-order valence-electron chi connectivity index (χ1n) is 16.1. The van der Waals surface area contributed by atoms with Crippen molar-refractivity contribution in [1.29, 1.82) is 0 Å². The number of hydrogen-bond acceptors (Lipinski definition) is 8. The predicted molar refractivity (Wildman–Crippen MR) is 182 cm³/mol. The molecule has 1 aliphatic rings. The first-order valence-corrected chi connectivity index (χ1v) is 16.1. The Kier molecular flexibility index (Phi) is 10.1. The van der Waals surface area contributed by atoms with Crippen molar-refractivity contribution in [3.8, 4) is 28.5 Å². The van der Waals surface area contributed by atoms with Gasteiger partial charge in [0.1, 0.15) is 34.6 Å². The Labute approximate surface area is 278 Å². The van der Waals surface area contributed by atoms with E-state index in [0.29, 0.717) is 35.5 Å². The van der Waals surface area contributed by atoms with Crippen LogP contribution in [0.3, 0.4) is 0 Å². The van der Waals surface area contributed by atoms with Gasteiger partial charge in [0.05, 0.1) is 43.8 Å². The number of aliphatic hydroxyl groups excluding tert-OH is 1. The number of aliphatic hydroxyl groups is 1. The standard InChI is InChI=1S/C37H40FN5O5/c1-46-29-14-10-26(33(19-29)48-3)21-40-36-34-31(16-17-39-36)43(28-12-6-24(22-44)7-13-28)42-35(34)25-8-4-23(5-9-25)20-41-37(45)30-18-27(38)11-15-32(30)47-2/h4-5,8-11,14-19,24,28,44H,6-7,12-13,20-22H2,1-3H3,(H,39,40)(H,41,45). The normalized spacial score (nSPS) is 16.0. The summed E-state index contributed by atoms with van der Waals surface area (Å²) >= 11 is 0. The fourth-order valence-electron chi connectivity index (χ4n) is 6.37. The second kappa shape index (κ2) is 14.7. The van der Waals surface area contributed by atoms with E-state index in [9.17, 15) is 14.3 Å². The molecule has 48 heavy (non-hydrogen) atoms. The average Bonchev–Trinajstić information content (AvgIpc) is 3.53. The number of fused-ring (bicyclic) bond motifs is 1. The molecule has 3 N–H and O–H groups in total. The van der Waals surface area contributed by atoms with Gasteiger partial charge in [-0.25, -0.2) is 9.37 Å². The van der Waals surface area contributed by atoms with E-state index < -0.39 is 11.7 Å². The topological polar surface area (TPSA) is 120 Å². The van der Waals surface area contributed by atoms with Gasteiger partial charge in [-0.2, -0.15) is 5.10 Å². The number of halogens is 1. The molecule has 0 unspecified atom stereocenters. The molecule has 2 aromatic heterocycles. The van der Waals surface area contributed by atoms with Crippen LogP contribution in [-0.4, -0.2) is 53.7 Å². The first kappa shape index (κ1) is 32.8. The van der Waals surface area contributed by atoms with Crippen LogP contribution in [0.15, 0.2) is 72.9 Å². The molecule has 0 atom stereocenters. The molecular weight excluding hydrogens is 613 g/mol. The minimum Gasteiger partial charge on any atom is -0.497 e. The summed E-state index contributed by atoms with van der Waals surface area (Å²) in [5, 5.41) is 22.2. The maximum Gasteiger partial charge on any atom is 0.255 e. The lowest BCUT2D eigenvalue weighted by molar-refractivity contribution is 0.0947. The zero-order valence-corrected chi connectivity index (χ0v) is 27.3. The van der Waals surface area contributed by atoms with Crippen LogP contribution in [0.4, 0.5) is 10.2 Å². The molecule has 1 fully saturated rings. The molecule has 0 bridgehead atoms. The lowest BCUT2D eigenvalue weighted by Gasteiger charge is -2.28. The summed E-state index contributed by atoms with van der Waals surface area (Å²) in [6, 6.07) is 19.7. The highest BCUT2D eigenvalue weighted by Crippen LogP contribution is 2.39. The van der Waals surface area contributed by atoms with Crippen LogP contribution >= 0.6 is 0 Å². The number of methoxy groups -OCH3 is 3. The number of rotatable bonds is 12. The number of pyridine rings is 1. The number of hydrogen-bond donors (Lipinski definition) is 3. The minimum atomic E-state index is -0.509. The van der Waals surface area contributed by atoms with Crippen molar-refractivity contribution in [2.75, 3.05) is 33.3 Å². The van der Waals surface area contributed by atoms with Crippen molar-refractivity contribution < 1.29 is 28.5 Å². The number of aromatic nitrogens is 3. The van der Waals surface area contributed by atoms with E-state index in [0.717, 1.165) is 59.0 Å². The average molecular weight is 654 g/mol. The van der Waals surface area contributed by atoms with Gasteiger partial charge >= 0.3 is 0 Å². The van der Waals surface area contributed by atoms with Crippen LogP contribution < -0.4 is 24.8 Å². The number of benzene rings is 3. The van der Waals surface area contributed by atoms with E-state index in [2.05, 4.69) is 15.3 Å². The van der Waals surface area contributed by atoms with E-state index in [4.69, 9.17) is 24.3 Å². The van der Waals surface area contributed by atoms with Gasteiger partial charge in [0, 0.05) is 43.1 Å². The number of ether oxygens (including phenoxy) is 3. The maximum atomic E-state index is 13.8. The van der Waals surface area contributed by atoms with Gasteiger partial charge in [-0.3, -0.25) is 9.48 Å². The van der Waals surface area contributed by atoms with Gasteiger partial charge in [0.15, 0.2) is 0 Å². The van der Waals surface area contributed by atoms with Gasteiger partial charge in [0.2, 0.25) is 0 Å². The van der Waals surface area contributed by atoms with Crippen molar-refractivity contribution in [2.24, 2.45) is 5.92 Å². The quantitative estimate of drug-likeness (QED) is 0.139. The van der Waals surface area contributed by atoms with Crippen LogP contribution in [0.25, 0.3) is 22.2 Å². The molecule has 250 valence electrons. The third kappa shape index (κ3) is 6.91. The SMILES string of the molecule is COc1ccc(CNc2nccc3c2c(-c2ccc(CNC(=O)c4cc(F)ccc4OC)cc2)nn3C2CCC(CO)CC2)c(OC)c1. The van der Waals surface area contributed by atoms with Gasteiger partial charge in [0.25, 0.3) is 5.91 Å². The Morgan fingerprint density at radius 2 is 1.69 bits per heavy atom. The highest BCUT2D eigenvalue weighted by molar-refractivity contribution is 6.01. The molecule has 0 saturated heterocycles. The summed E-state index contributed by atoms with van der Waals surface area (Å²) in [5.74, 6) is 1.83. The molecule has 1 amide bonds. The Hall–Kier alpha value is -5.16. The van der Waals surface area contributed by atoms with E-state index in [-0.39, 0.29) is 24.8 Å². The van der Waals surface area contributed by atoms with Crippen LogP contribution in [0, 0.1) is 11.7 Å². The Bertz CT molecular complexity index is 1890. The minimum absolute atomic E-state index is 0.138. The molecule has 10 nitrogen and oxygen atoms in total. The van der Waals surface area contributed by atoms with Crippen molar-refractivity contribution in [1.82, 2.24) is 20.1 Å². The molecule has 11 heteroatoms. The highest BCUT2D eigenvalue weighted by Gasteiger charge is 2.26. The van der Waals surface area contributed by atoms with E-state index in [1.165, 1.54) is 25.3 Å². The Balaban J connectivity index is 1.29. The lowest BCUT2D eigenvalue weighted by Crippen LogP contribution is -2.23. The molecule has 0 spiro atoms. The zero-order chi connectivity index (χ0) is 33.6. The molecule has 3 aromatic carbocycles. The second-order valence-corrected chi connectivity index (χ2v) is 12.0. The summed E-state index contributed by atoms with van der Waals surface area (Å²) < 4.78 is 32.2. The van der Waals surface area contributed by atoms with Gasteiger partial charge in [-0.1, -0.05) is 24.3 Å². The summed E-state index contributed by atoms with van der Waals surface area (Å²) in [6.45, 7) is 0.938. The Morgan fingerprint density at radius 1 is 0.917 bits per heavy atom. The summed E-state index contributed by atoms with van der Waals surface area (Å²) in [6.07, 6.45) is 5.58. The van der Waals surface area contributed by atoms with Gasteiger partial charge in [-0.15, -0.1) is 0 Å². The van der Waals surface area contributed by atoms with E-state index >= 15 is 0 Å². The van der Waals surface area contributed by atoms with E-state index in [1.54, 1.807) is 20.4 Å². The number of carbonyl (C=O) groups is 1. The van der Waals surface area contributed by atoms with Gasteiger partial charge < -0.3 is 30.0 Å². The molecule has 0 aliphatic heterocycles. The maximum absolute atomic E-state index is 13.8. The molecule has 1 aliphatic carbocycles. The third-order valence-corrected chi connectivity index (χ3v) is 9.07. The monoisotopic (exact) mass is 653 g/mol. The molecule has 2 heterocycles. The third-order valence-electron chi connectivity index (χ3n) is 9.07. The molecule has 1 saturated carbocycles. The zero-order valence-electron chi connectivity index (χ0n) is 27.3. The van der Waals surface area contributed by atoms with Crippen LogP contribution in [0.2, 0.25) is 0 Å². The first-order chi connectivity index (χ1) is 23.4. The van der Waals surface area contributed by atoms with Crippen molar-refractivity contribution in [3.63, 3.8) is 0 Å². The fourth-order valence-corrected chi connectivity index (χ4v) is 6.37. The van der Waals surface area contributed by atoms with Crippen molar-refractivity contribution in [3.05, 3.63) is 95.4 Å². The molecule has 5 aromatic rings. The van der Waals surface area contributed by atoms with Crippen LogP contribution in [-0.2, 0) is 13.1 Å². The van der Waals surface area contributed by atoms with Gasteiger partial charge in [-0.05, 0) is 73.6 Å². The smallest absolute Gasteiger partial charge is 0.255 e. The number of amides is 1. The summed E-state index contributed by atoms with van der Waals surface area (Å²) in [4.78, 5) is 17.6. The number of nitrogens with zero attached hydrogens (tertiary/aromatic N) is 3. The highest BCUT2D eigenvalue weighted by atomic mass is 19.1. The van der Waals surface area contributed by atoms with Crippen molar-refractivity contribution >= 4 is 22.6 Å². The lowest BCUT2D eigenvalue weighted by atomic mass is 9.86. The summed E-state index contributed by atoms with van der Waals surface area (Å²) in [7, 11) is 4.71. The fraction of sp³-hybridized carbons (Fsp3) is 0.324. The number of anilines is 1. The Morgan fingerprint density at radius 3 is 2.40 bits per heavy atom. The van der Waals surface area contributed by atoms with E-state index in [1.807, 2.05) is 48.5 Å². The van der Waals surface area contributed by atoms with Crippen molar-refractivity contribution in [2.45, 2.75) is 44.8 Å². The predicted octanol–water partition coefficient (Wildman–Crippen LogP) is 6.53. The number of nitrogens with one attached hydrogen (secondary N) is 2. The van der Waals surface area contributed by atoms with Crippen LogP contribution in [0.5, 0.6) is 17.2 Å². The molecule has 6 rings (SSSR count). The molecular formula is C37H40FN5O5. The summed E-state index contributed by atoms with van der Waals surface area (Å²) in [5.41, 5.74) is 4.65.